The highest BCUT2D eigenvalue weighted by Crippen LogP contribution is 2.16. The topological polar surface area (TPSA) is 64.7 Å². The Balaban J connectivity index is 1.89. The third kappa shape index (κ3) is 7.57. The molecule has 162 valence electrons. The van der Waals surface area contributed by atoms with E-state index in [9.17, 15) is 14.0 Å². The zero-order chi connectivity index (χ0) is 22.1. The molecule has 30 heavy (non-hydrogen) atoms. The fourth-order valence-corrected chi connectivity index (χ4v) is 3.06. The lowest BCUT2D eigenvalue weighted by molar-refractivity contribution is -0.124. The Labute approximate surface area is 178 Å². The number of nitrogens with zero attached hydrogens (tertiary/aromatic N) is 2. The lowest BCUT2D eigenvalue weighted by Gasteiger charge is -2.27. The number of amides is 2. The fraction of sp³-hybridized carbons (Fsp3) is 0.391. The Morgan fingerprint density at radius 2 is 1.53 bits per heavy atom. The van der Waals surface area contributed by atoms with Crippen molar-refractivity contribution in [1.29, 1.82) is 0 Å². The zero-order valence-corrected chi connectivity index (χ0v) is 18.1. The zero-order valence-electron chi connectivity index (χ0n) is 18.1. The van der Waals surface area contributed by atoms with Crippen molar-refractivity contribution in [3.63, 3.8) is 0 Å². The molecule has 2 aromatic carbocycles. The molecule has 0 spiro atoms. The van der Waals surface area contributed by atoms with Crippen molar-refractivity contribution in [3.8, 4) is 0 Å². The highest BCUT2D eigenvalue weighted by atomic mass is 19.1. The van der Waals surface area contributed by atoms with E-state index in [-0.39, 0.29) is 42.8 Å². The maximum Gasteiger partial charge on any atom is 0.238 e. The van der Waals surface area contributed by atoms with Crippen molar-refractivity contribution < 1.29 is 14.0 Å². The molecule has 1 atom stereocenters. The van der Waals surface area contributed by atoms with Gasteiger partial charge in [0, 0.05) is 18.3 Å². The number of benzene rings is 2. The van der Waals surface area contributed by atoms with Gasteiger partial charge in [-0.1, -0.05) is 30.3 Å². The highest BCUT2D eigenvalue weighted by Gasteiger charge is 2.20. The molecule has 0 bridgehead atoms. The van der Waals surface area contributed by atoms with Gasteiger partial charge < -0.3 is 15.5 Å². The van der Waals surface area contributed by atoms with Crippen LogP contribution in [-0.2, 0) is 9.59 Å². The van der Waals surface area contributed by atoms with Crippen LogP contribution in [0.25, 0.3) is 0 Å². The minimum absolute atomic E-state index is 0.00786. The molecular formula is C23H31FN4O2. The van der Waals surface area contributed by atoms with Crippen molar-refractivity contribution in [2.75, 3.05) is 39.0 Å². The van der Waals surface area contributed by atoms with E-state index in [1.807, 2.05) is 58.3 Å². The van der Waals surface area contributed by atoms with Crippen molar-refractivity contribution in [3.05, 3.63) is 66.0 Å². The predicted octanol–water partition coefficient (Wildman–Crippen LogP) is 2.89. The maximum atomic E-state index is 13.0. The lowest BCUT2D eigenvalue weighted by Crippen LogP contribution is -2.45. The van der Waals surface area contributed by atoms with Crippen molar-refractivity contribution in [1.82, 2.24) is 15.1 Å². The Hall–Kier alpha value is -2.77. The predicted molar refractivity (Wildman–Crippen MR) is 118 cm³/mol. The van der Waals surface area contributed by atoms with Gasteiger partial charge in [0.05, 0.1) is 19.1 Å². The van der Waals surface area contributed by atoms with Gasteiger partial charge in [-0.25, -0.2) is 4.39 Å². The highest BCUT2D eigenvalue weighted by molar-refractivity contribution is 5.92. The summed E-state index contributed by atoms with van der Waals surface area (Å²) in [5, 5.41) is 5.71. The minimum Gasteiger partial charge on any atom is -0.353 e. The number of hydrogen-bond donors (Lipinski definition) is 2. The summed E-state index contributed by atoms with van der Waals surface area (Å²) in [5.74, 6) is -0.750. The number of anilines is 1. The molecule has 2 amide bonds. The van der Waals surface area contributed by atoms with Crippen LogP contribution in [0.5, 0.6) is 0 Å². The van der Waals surface area contributed by atoms with Crippen molar-refractivity contribution >= 4 is 17.5 Å². The van der Waals surface area contributed by atoms with Crippen LogP contribution in [0.3, 0.4) is 0 Å². The molecule has 0 radical (unpaired) electrons. The molecule has 0 heterocycles. The van der Waals surface area contributed by atoms with E-state index in [4.69, 9.17) is 0 Å². The van der Waals surface area contributed by atoms with E-state index >= 15 is 0 Å². The van der Waals surface area contributed by atoms with Gasteiger partial charge in [-0.05, 0) is 57.8 Å². The van der Waals surface area contributed by atoms with Crippen LogP contribution in [0.2, 0.25) is 0 Å². The van der Waals surface area contributed by atoms with Crippen LogP contribution >= 0.6 is 0 Å². The van der Waals surface area contributed by atoms with Gasteiger partial charge in [-0.2, -0.15) is 0 Å². The second-order valence-electron chi connectivity index (χ2n) is 7.75. The first-order chi connectivity index (χ1) is 14.3. The molecule has 0 aliphatic heterocycles. The van der Waals surface area contributed by atoms with E-state index in [0.717, 1.165) is 5.56 Å². The second-order valence-corrected chi connectivity index (χ2v) is 7.75. The number of carbonyl (C=O) groups is 2. The Morgan fingerprint density at radius 1 is 0.933 bits per heavy atom. The molecule has 0 saturated carbocycles. The lowest BCUT2D eigenvalue weighted by atomic mass is 10.1. The maximum absolute atomic E-state index is 13.0. The number of hydrogen-bond acceptors (Lipinski definition) is 4. The summed E-state index contributed by atoms with van der Waals surface area (Å²) in [4.78, 5) is 28.8. The number of likely N-dealkylation sites (N-methyl/N-ethyl adjacent to an activating group) is 1. The molecule has 0 aliphatic rings. The largest absolute Gasteiger partial charge is 0.353 e. The summed E-state index contributed by atoms with van der Waals surface area (Å²) >= 11 is 0. The van der Waals surface area contributed by atoms with E-state index in [1.165, 1.54) is 24.3 Å². The molecule has 0 fully saturated rings. The summed E-state index contributed by atoms with van der Waals surface area (Å²) in [6, 6.07) is 15.7. The molecule has 2 aromatic rings. The van der Waals surface area contributed by atoms with Gasteiger partial charge in [0.25, 0.3) is 0 Å². The third-order valence-corrected chi connectivity index (χ3v) is 4.85. The summed E-state index contributed by atoms with van der Waals surface area (Å²) in [6.07, 6.45) is 0. The van der Waals surface area contributed by atoms with Crippen LogP contribution < -0.4 is 10.6 Å². The van der Waals surface area contributed by atoms with E-state index < -0.39 is 0 Å². The van der Waals surface area contributed by atoms with Gasteiger partial charge >= 0.3 is 0 Å². The summed E-state index contributed by atoms with van der Waals surface area (Å²) in [5.41, 5.74) is 1.65. The van der Waals surface area contributed by atoms with Gasteiger partial charge in [-0.15, -0.1) is 0 Å². The van der Waals surface area contributed by atoms with Crippen LogP contribution in [0.1, 0.15) is 25.5 Å². The monoisotopic (exact) mass is 414 g/mol. The summed E-state index contributed by atoms with van der Waals surface area (Å²) in [6.45, 7) is 4.53. The normalized spacial score (nSPS) is 12.3. The number of halogens is 1. The minimum atomic E-state index is -0.361. The van der Waals surface area contributed by atoms with E-state index in [0.29, 0.717) is 12.2 Å². The van der Waals surface area contributed by atoms with Gasteiger partial charge in [0.2, 0.25) is 11.8 Å². The first-order valence-electron chi connectivity index (χ1n) is 10.0. The van der Waals surface area contributed by atoms with E-state index in [1.54, 1.807) is 4.90 Å². The SMILES string of the molecule is CC(C)N(CC(=O)NCC(c1ccccc1)N(C)C)CC(=O)Nc1ccc(F)cc1. The standard InChI is InChI=1S/C23H31FN4O2/c1-17(2)28(16-23(30)26-20-12-10-19(24)11-13-20)15-22(29)25-14-21(27(3)4)18-8-6-5-7-9-18/h5-13,17,21H,14-16H2,1-4H3,(H,25,29)(H,26,30). The molecule has 0 aromatic heterocycles. The van der Waals surface area contributed by atoms with Crippen molar-refractivity contribution in [2.45, 2.75) is 25.9 Å². The number of carbonyl (C=O) groups excluding carboxylic acids is 2. The second kappa shape index (κ2) is 11.4. The molecule has 6 nitrogen and oxygen atoms in total. The summed E-state index contributed by atoms with van der Waals surface area (Å²) in [7, 11) is 3.95. The number of nitrogens with one attached hydrogen (secondary N) is 2. The molecule has 1 unspecified atom stereocenters. The Morgan fingerprint density at radius 3 is 2.10 bits per heavy atom. The molecule has 0 aliphatic carbocycles. The van der Waals surface area contributed by atoms with Crippen molar-refractivity contribution in [2.24, 2.45) is 0 Å². The Kier molecular flexibility index (Phi) is 8.95. The number of rotatable bonds is 10. The molecule has 7 heteroatoms. The average Bonchev–Trinajstić information content (AvgIpc) is 2.70. The molecule has 0 saturated heterocycles. The van der Waals surface area contributed by atoms with Gasteiger partial charge in [-0.3, -0.25) is 14.5 Å². The first kappa shape index (κ1) is 23.5. The Bertz CT molecular complexity index is 810. The van der Waals surface area contributed by atoms with Crippen LogP contribution in [0.15, 0.2) is 54.6 Å². The first-order valence-corrected chi connectivity index (χ1v) is 10.0. The van der Waals surface area contributed by atoms with Gasteiger partial charge in [0.15, 0.2) is 0 Å². The van der Waals surface area contributed by atoms with E-state index in [2.05, 4.69) is 15.5 Å². The average molecular weight is 415 g/mol. The van der Waals surface area contributed by atoms with Crippen LogP contribution in [0.4, 0.5) is 10.1 Å². The third-order valence-electron chi connectivity index (χ3n) is 4.85. The fourth-order valence-electron chi connectivity index (χ4n) is 3.06. The van der Waals surface area contributed by atoms with Crippen LogP contribution in [0, 0.1) is 5.82 Å². The van der Waals surface area contributed by atoms with Crippen LogP contribution in [-0.4, -0.2) is 61.4 Å². The molecule has 2 rings (SSSR count). The summed E-state index contributed by atoms with van der Waals surface area (Å²) < 4.78 is 13.0. The smallest absolute Gasteiger partial charge is 0.238 e. The molecule has 2 N–H and O–H groups in total. The van der Waals surface area contributed by atoms with Gasteiger partial charge in [0.1, 0.15) is 5.82 Å². The quantitative estimate of drug-likeness (QED) is 0.628. The molecular weight excluding hydrogens is 383 g/mol.